The van der Waals surface area contributed by atoms with Gasteiger partial charge in [0.05, 0.1) is 5.56 Å². The lowest BCUT2D eigenvalue weighted by Crippen LogP contribution is -2.26. The zero-order valence-electron chi connectivity index (χ0n) is 13.9. The molecular weight excluding hydrogens is 336 g/mol. The molecule has 7 heteroatoms. The minimum atomic E-state index is -1.05. The van der Waals surface area contributed by atoms with Crippen molar-refractivity contribution in [1.82, 2.24) is 0 Å². The molecule has 1 aliphatic rings. The Hall–Kier alpha value is -3.19. The van der Waals surface area contributed by atoms with Crippen LogP contribution in [0.25, 0.3) is 0 Å². The van der Waals surface area contributed by atoms with E-state index in [0.29, 0.717) is 30.0 Å². The third-order valence-corrected chi connectivity index (χ3v) is 4.00. The van der Waals surface area contributed by atoms with E-state index in [1.807, 2.05) is 0 Å². The number of nitrogens with one attached hydrogen (secondary N) is 2. The van der Waals surface area contributed by atoms with Crippen molar-refractivity contribution in [3.8, 4) is 0 Å². The number of anilines is 2. The number of carboxylic acids is 1. The lowest BCUT2D eigenvalue weighted by Gasteiger charge is -2.12. The molecule has 0 aliphatic carbocycles. The summed E-state index contributed by atoms with van der Waals surface area (Å²) in [4.78, 5) is 35.2. The largest absolute Gasteiger partial charge is 0.478 e. The average Bonchev–Trinajstić information content (AvgIpc) is 3.17. The first-order valence-electron chi connectivity index (χ1n) is 8.20. The highest BCUT2D eigenvalue weighted by atomic mass is 16.5. The summed E-state index contributed by atoms with van der Waals surface area (Å²) < 4.78 is 5.34. The average molecular weight is 354 g/mol. The lowest BCUT2D eigenvalue weighted by atomic mass is 10.1. The molecule has 0 saturated carbocycles. The van der Waals surface area contributed by atoms with Gasteiger partial charge in [0.1, 0.15) is 6.10 Å². The normalized spacial score (nSPS) is 16.1. The van der Waals surface area contributed by atoms with Crippen molar-refractivity contribution >= 4 is 29.2 Å². The van der Waals surface area contributed by atoms with E-state index in [1.165, 1.54) is 24.3 Å². The van der Waals surface area contributed by atoms with Gasteiger partial charge >= 0.3 is 5.97 Å². The number of amides is 2. The molecule has 0 unspecified atom stereocenters. The summed E-state index contributed by atoms with van der Waals surface area (Å²) in [6, 6.07) is 12.4. The lowest BCUT2D eigenvalue weighted by molar-refractivity contribution is -0.124. The second-order valence-electron chi connectivity index (χ2n) is 5.91. The predicted octanol–water partition coefficient (Wildman–Crippen LogP) is 2.75. The Balaban J connectivity index is 1.65. The molecule has 1 heterocycles. The number of ether oxygens (including phenoxy) is 1. The van der Waals surface area contributed by atoms with E-state index in [0.717, 1.165) is 6.42 Å². The minimum absolute atomic E-state index is 0.111. The molecule has 1 aliphatic heterocycles. The Morgan fingerprint density at radius 1 is 0.962 bits per heavy atom. The summed E-state index contributed by atoms with van der Waals surface area (Å²) in [7, 11) is 0. The van der Waals surface area contributed by atoms with Crippen molar-refractivity contribution in [2.24, 2.45) is 0 Å². The zero-order valence-corrected chi connectivity index (χ0v) is 13.9. The van der Waals surface area contributed by atoms with Crippen LogP contribution in [0.5, 0.6) is 0 Å². The zero-order chi connectivity index (χ0) is 18.5. The topological polar surface area (TPSA) is 105 Å². The Morgan fingerprint density at radius 3 is 2.23 bits per heavy atom. The van der Waals surface area contributed by atoms with Crippen LogP contribution in [0.4, 0.5) is 11.4 Å². The second-order valence-corrected chi connectivity index (χ2v) is 5.91. The summed E-state index contributed by atoms with van der Waals surface area (Å²) in [5.74, 6) is -1.62. The van der Waals surface area contributed by atoms with Crippen molar-refractivity contribution in [2.75, 3.05) is 17.2 Å². The van der Waals surface area contributed by atoms with Crippen molar-refractivity contribution in [1.29, 1.82) is 0 Å². The van der Waals surface area contributed by atoms with Crippen molar-refractivity contribution in [3.05, 3.63) is 59.7 Å². The molecule has 134 valence electrons. The molecule has 1 saturated heterocycles. The van der Waals surface area contributed by atoms with Gasteiger partial charge in [0.2, 0.25) is 0 Å². The maximum Gasteiger partial charge on any atom is 0.335 e. The molecule has 7 nitrogen and oxygen atoms in total. The molecule has 26 heavy (non-hydrogen) atoms. The van der Waals surface area contributed by atoms with Gasteiger partial charge in [-0.25, -0.2) is 4.79 Å². The first-order valence-corrected chi connectivity index (χ1v) is 8.20. The van der Waals surface area contributed by atoms with Crippen LogP contribution in [0, 0.1) is 0 Å². The Morgan fingerprint density at radius 2 is 1.62 bits per heavy atom. The number of carbonyl (C=O) groups is 3. The molecular formula is C19H18N2O5. The first-order chi connectivity index (χ1) is 12.5. The summed E-state index contributed by atoms with van der Waals surface area (Å²) in [6.07, 6.45) is 1.14. The van der Waals surface area contributed by atoms with Crippen LogP contribution in [0.3, 0.4) is 0 Å². The number of carboxylic acid groups (broad SMARTS) is 1. The van der Waals surface area contributed by atoms with Crippen molar-refractivity contribution in [3.63, 3.8) is 0 Å². The van der Waals surface area contributed by atoms with E-state index in [4.69, 9.17) is 9.84 Å². The Kier molecular flexibility index (Phi) is 5.28. The number of carbonyl (C=O) groups excluding carboxylic acids is 2. The number of hydrogen-bond donors (Lipinski definition) is 3. The van der Waals surface area contributed by atoms with Gasteiger partial charge in [-0.15, -0.1) is 0 Å². The smallest absolute Gasteiger partial charge is 0.335 e. The van der Waals surface area contributed by atoms with Crippen LogP contribution in [-0.2, 0) is 9.53 Å². The maximum absolute atomic E-state index is 12.3. The molecule has 0 radical (unpaired) electrons. The van der Waals surface area contributed by atoms with Gasteiger partial charge in [-0.2, -0.15) is 0 Å². The van der Waals surface area contributed by atoms with E-state index < -0.39 is 12.1 Å². The Bertz CT molecular complexity index is 826. The molecule has 1 fully saturated rings. The number of aromatic carboxylic acids is 1. The highest BCUT2D eigenvalue weighted by Gasteiger charge is 2.23. The highest BCUT2D eigenvalue weighted by Crippen LogP contribution is 2.19. The monoisotopic (exact) mass is 354 g/mol. The van der Waals surface area contributed by atoms with Gasteiger partial charge in [0.25, 0.3) is 11.8 Å². The highest BCUT2D eigenvalue weighted by molar-refractivity contribution is 6.05. The van der Waals surface area contributed by atoms with Crippen LogP contribution in [0.1, 0.15) is 33.6 Å². The van der Waals surface area contributed by atoms with Gasteiger partial charge in [0.15, 0.2) is 0 Å². The summed E-state index contributed by atoms with van der Waals surface area (Å²) in [6.45, 7) is 0.592. The third-order valence-electron chi connectivity index (χ3n) is 4.00. The standard InChI is InChI=1S/C19H18N2O5/c22-17(12-6-8-13(9-7-12)19(24)25)20-14-3-1-4-15(11-14)21-18(23)16-5-2-10-26-16/h1,3-4,6-9,11,16H,2,5,10H2,(H,20,22)(H,21,23)(H,24,25)/t16-/m0/s1. The van der Waals surface area contributed by atoms with E-state index in [2.05, 4.69) is 10.6 Å². The fraction of sp³-hybridized carbons (Fsp3) is 0.211. The van der Waals surface area contributed by atoms with E-state index in [9.17, 15) is 14.4 Å². The molecule has 2 amide bonds. The predicted molar refractivity (Wildman–Crippen MR) is 95.4 cm³/mol. The van der Waals surface area contributed by atoms with E-state index in [1.54, 1.807) is 24.3 Å². The minimum Gasteiger partial charge on any atom is -0.478 e. The van der Waals surface area contributed by atoms with Crippen molar-refractivity contribution < 1.29 is 24.2 Å². The first kappa shape index (κ1) is 17.6. The fourth-order valence-corrected chi connectivity index (χ4v) is 2.65. The van der Waals surface area contributed by atoms with Gasteiger partial charge in [-0.05, 0) is 55.3 Å². The summed E-state index contributed by atoms with van der Waals surface area (Å²) >= 11 is 0. The van der Waals surface area contributed by atoms with Gasteiger partial charge in [-0.1, -0.05) is 6.07 Å². The molecule has 3 N–H and O–H groups in total. The summed E-state index contributed by atoms with van der Waals surface area (Å²) in [5, 5.41) is 14.4. The van der Waals surface area contributed by atoms with Crippen LogP contribution < -0.4 is 10.6 Å². The number of hydrogen-bond acceptors (Lipinski definition) is 4. The van der Waals surface area contributed by atoms with Crippen molar-refractivity contribution in [2.45, 2.75) is 18.9 Å². The molecule has 3 rings (SSSR count). The van der Waals surface area contributed by atoms with Gasteiger partial charge < -0.3 is 20.5 Å². The number of rotatable bonds is 5. The van der Waals surface area contributed by atoms with E-state index in [-0.39, 0.29) is 17.4 Å². The fourth-order valence-electron chi connectivity index (χ4n) is 2.65. The summed E-state index contributed by atoms with van der Waals surface area (Å²) in [5.41, 5.74) is 1.52. The molecule has 2 aromatic rings. The van der Waals surface area contributed by atoms with Crippen LogP contribution in [0.15, 0.2) is 48.5 Å². The third kappa shape index (κ3) is 4.25. The maximum atomic E-state index is 12.3. The van der Waals surface area contributed by atoms with Crippen LogP contribution in [0.2, 0.25) is 0 Å². The quantitative estimate of drug-likeness (QED) is 0.766. The molecule has 0 aromatic heterocycles. The van der Waals surface area contributed by atoms with Crippen LogP contribution in [-0.4, -0.2) is 35.6 Å². The SMILES string of the molecule is O=C(O)c1ccc(C(=O)Nc2cccc(NC(=O)[C@@H]3CCCO3)c2)cc1. The van der Waals surface area contributed by atoms with Gasteiger partial charge in [0, 0.05) is 23.5 Å². The second kappa shape index (κ2) is 7.79. The molecule has 1 atom stereocenters. The van der Waals surface area contributed by atoms with Gasteiger partial charge in [-0.3, -0.25) is 9.59 Å². The Labute approximate surface area is 150 Å². The molecule has 0 spiro atoms. The molecule has 2 aromatic carbocycles. The van der Waals surface area contributed by atoms with Crippen LogP contribution >= 0.6 is 0 Å². The number of benzene rings is 2. The molecule has 0 bridgehead atoms. The van der Waals surface area contributed by atoms with E-state index >= 15 is 0 Å².